The Morgan fingerprint density at radius 3 is 2.59 bits per heavy atom. The first-order valence-electron chi connectivity index (χ1n) is 9.68. The lowest BCUT2D eigenvalue weighted by Gasteiger charge is -2.14. The minimum atomic E-state index is 0.558. The average Bonchev–Trinajstić information content (AvgIpc) is 3.29. The van der Waals surface area contributed by atoms with Crippen LogP contribution in [0.4, 0.5) is 5.69 Å². The standard InChI is InChI=1S/C22H27N5O2/c1-4-23-22(26-18-9-12-20(29-5-2)21(15-18)28-3)24-16-17-7-10-19(11-8-17)27-14-6-13-25-27/h6-15H,4-5,16H2,1-3H3,(H2,23,24,26). The molecule has 0 unspecified atom stereocenters. The second-order valence-corrected chi connectivity index (χ2v) is 6.24. The number of aliphatic imine (C=N–C) groups is 1. The van der Waals surface area contributed by atoms with E-state index in [-0.39, 0.29) is 0 Å². The largest absolute Gasteiger partial charge is 0.493 e. The van der Waals surface area contributed by atoms with Gasteiger partial charge in [0.2, 0.25) is 0 Å². The summed E-state index contributed by atoms with van der Waals surface area (Å²) in [4.78, 5) is 4.69. The van der Waals surface area contributed by atoms with Crippen LogP contribution in [-0.4, -0.2) is 36.0 Å². The van der Waals surface area contributed by atoms with Crippen LogP contribution in [0.3, 0.4) is 0 Å². The number of nitrogens with one attached hydrogen (secondary N) is 2. The SMILES string of the molecule is CCNC(=NCc1ccc(-n2cccn2)cc1)Nc1ccc(OCC)c(OC)c1. The van der Waals surface area contributed by atoms with Gasteiger partial charge in [-0.25, -0.2) is 9.67 Å². The molecule has 29 heavy (non-hydrogen) atoms. The van der Waals surface area contributed by atoms with Crippen LogP contribution >= 0.6 is 0 Å². The predicted octanol–water partition coefficient (Wildman–Crippen LogP) is 3.86. The van der Waals surface area contributed by atoms with E-state index in [0.29, 0.717) is 24.9 Å². The van der Waals surface area contributed by atoms with Crippen molar-refractivity contribution in [3.05, 3.63) is 66.5 Å². The zero-order valence-electron chi connectivity index (χ0n) is 17.1. The molecule has 0 saturated heterocycles. The van der Waals surface area contributed by atoms with Crippen LogP contribution in [0.5, 0.6) is 11.5 Å². The Hall–Kier alpha value is -3.48. The number of anilines is 1. The topological polar surface area (TPSA) is 72.7 Å². The third-order valence-electron chi connectivity index (χ3n) is 4.20. The second kappa shape index (κ2) is 10.2. The van der Waals surface area contributed by atoms with E-state index in [4.69, 9.17) is 9.47 Å². The van der Waals surface area contributed by atoms with Crippen LogP contribution in [-0.2, 0) is 6.54 Å². The van der Waals surface area contributed by atoms with Crippen LogP contribution in [0.25, 0.3) is 5.69 Å². The van der Waals surface area contributed by atoms with E-state index in [2.05, 4.69) is 32.9 Å². The van der Waals surface area contributed by atoms with E-state index >= 15 is 0 Å². The minimum Gasteiger partial charge on any atom is -0.493 e. The Morgan fingerprint density at radius 2 is 1.93 bits per heavy atom. The molecule has 0 atom stereocenters. The van der Waals surface area contributed by atoms with Gasteiger partial charge in [0.1, 0.15) is 0 Å². The number of guanidine groups is 1. The summed E-state index contributed by atoms with van der Waals surface area (Å²) in [5.74, 6) is 2.11. The molecule has 0 radical (unpaired) electrons. The summed E-state index contributed by atoms with van der Waals surface area (Å²) in [6.07, 6.45) is 3.69. The maximum atomic E-state index is 5.57. The lowest BCUT2D eigenvalue weighted by Crippen LogP contribution is -2.30. The van der Waals surface area contributed by atoms with Gasteiger partial charge in [-0.3, -0.25) is 0 Å². The fourth-order valence-electron chi connectivity index (χ4n) is 2.81. The van der Waals surface area contributed by atoms with Gasteiger partial charge >= 0.3 is 0 Å². The van der Waals surface area contributed by atoms with E-state index < -0.39 is 0 Å². The van der Waals surface area contributed by atoms with E-state index in [0.717, 1.165) is 29.2 Å². The number of ether oxygens (including phenoxy) is 2. The van der Waals surface area contributed by atoms with Crippen molar-refractivity contribution < 1.29 is 9.47 Å². The van der Waals surface area contributed by atoms with E-state index in [1.165, 1.54) is 0 Å². The fourth-order valence-corrected chi connectivity index (χ4v) is 2.81. The molecule has 1 heterocycles. The van der Waals surface area contributed by atoms with Crippen molar-refractivity contribution in [2.75, 3.05) is 25.6 Å². The highest BCUT2D eigenvalue weighted by atomic mass is 16.5. The van der Waals surface area contributed by atoms with Crippen molar-refractivity contribution >= 4 is 11.6 Å². The number of hydrogen-bond donors (Lipinski definition) is 2. The molecular formula is C22H27N5O2. The summed E-state index contributed by atoms with van der Waals surface area (Å²) in [5.41, 5.74) is 3.01. The molecular weight excluding hydrogens is 366 g/mol. The summed E-state index contributed by atoms with van der Waals surface area (Å²) in [7, 11) is 1.63. The molecule has 0 spiro atoms. The van der Waals surface area contributed by atoms with Crippen LogP contribution in [0.2, 0.25) is 0 Å². The molecule has 0 aliphatic heterocycles. The Kier molecular flexibility index (Phi) is 7.10. The molecule has 0 aliphatic rings. The molecule has 0 bridgehead atoms. The first-order chi connectivity index (χ1) is 14.2. The van der Waals surface area contributed by atoms with Crippen molar-refractivity contribution in [3.8, 4) is 17.2 Å². The average molecular weight is 393 g/mol. The molecule has 152 valence electrons. The van der Waals surface area contributed by atoms with Gasteiger partial charge in [-0.15, -0.1) is 0 Å². The molecule has 0 saturated carbocycles. The van der Waals surface area contributed by atoms with Crippen molar-refractivity contribution in [2.24, 2.45) is 4.99 Å². The highest BCUT2D eigenvalue weighted by molar-refractivity contribution is 5.93. The molecule has 3 rings (SSSR count). The molecule has 3 aromatic rings. The monoisotopic (exact) mass is 393 g/mol. The molecule has 7 heteroatoms. The quantitative estimate of drug-likeness (QED) is 0.449. The first-order valence-corrected chi connectivity index (χ1v) is 9.68. The highest BCUT2D eigenvalue weighted by Gasteiger charge is 2.07. The molecule has 0 amide bonds. The van der Waals surface area contributed by atoms with E-state index in [1.54, 1.807) is 13.3 Å². The Labute approximate surface area is 171 Å². The van der Waals surface area contributed by atoms with Crippen molar-refractivity contribution in [1.29, 1.82) is 0 Å². The van der Waals surface area contributed by atoms with Gasteiger partial charge in [0.15, 0.2) is 17.5 Å². The molecule has 2 aromatic carbocycles. The number of benzene rings is 2. The van der Waals surface area contributed by atoms with Crippen molar-refractivity contribution in [2.45, 2.75) is 20.4 Å². The lowest BCUT2D eigenvalue weighted by atomic mass is 10.2. The Bertz CT molecular complexity index is 921. The third-order valence-corrected chi connectivity index (χ3v) is 4.20. The molecule has 2 N–H and O–H groups in total. The number of aromatic nitrogens is 2. The summed E-state index contributed by atoms with van der Waals surface area (Å²) < 4.78 is 12.8. The number of nitrogens with zero attached hydrogens (tertiary/aromatic N) is 3. The highest BCUT2D eigenvalue weighted by Crippen LogP contribution is 2.30. The number of methoxy groups -OCH3 is 1. The zero-order valence-corrected chi connectivity index (χ0v) is 17.1. The smallest absolute Gasteiger partial charge is 0.196 e. The number of hydrogen-bond acceptors (Lipinski definition) is 4. The van der Waals surface area contributed by atoms with E-state index in [9.17, 15) is 0 Å². The third kappa shape index (κ3) is 5.51. The van der Waals surface area contributed by atoms with Crippen LogP contribution < -0.4 is 20.1 Å². The summed E-state index contributed by atoms with van der Waals surface area (Å²) in [6.45, 7) is 5.89. The van der Waals surface area contributed by atoms with Crippen molar-refractivity contribution in [1.82, 2.24) is 15.1 Å². The van der Waals surface area contributed by atoms with Gasteiger partial charge in [0.05, 0.1) is 25.9 Å². The Balaban J connectivity index is 1.70. The molecule has 1 aromatic heterocycles. The summed E-state index contributed by atoms with van der Waals surface area (Å²) in [5, 5.41) is 10.8. The normalized spacial score (nSPS) is 11.2. The molecule has 0 fully saturated rings. The summed E-state index contributed by atoms with van der Waals surface area (Å²) in [6, 6.07) is 15.8. The van der Waals surface area contributed by atoms with Gasteiger partial charge in [0.25, 0.3) is 0 Å². The van der Waals surface area contributed by atoms with E-state index in [1.807, 2.05) is 61.1 Å². The zero-order chi connectivity index (χ0) is 20.5. The van der Waals surface area contributed by atoms with Crippen LogP contribution in [0.15, 0.2) is 65.9 Å². The van der Waals surface area contributed by atoms with Crippen molar-refractivity contribution in [3.63, 3.8) is 0 Å². The maximum absolute atomic E-state index is 5.57. The maximum Gasteiger partial charge on any atom is 0.196 e. The number of rotatable bonds is 8. The van der Waals surface area contributed by atoms with Gasteiger partial charge in [0, 0.05) is 30.7 Å². The second-order valence-electron chi connectivity index (χ2n) is 6.24. The van der Waals surface area contributed by atoms with Crippen LogP contribution in [0, 0.1) is 0 Å². The summed E-state index contributed by atoms with van der Waals surface area (Å²) >= 11 is 0. The van der Waals surface area contributed by atoms with Gasteiger partial charge in [-0.2, -0.15) is 5.10 Å². The Morgan fingerprint density at radius 1 is 1.10 bits per heavy atom. The lowest BCUT2D eigenvalue weighted by molar-refractivity contribution is 0.311. The van der Waals surface area contributed by atoms with Crippen LogP contribution in [0.1, 0.15) is 19.4 Å². The minimum absolute atomic E-state index is 0.558. The van der Waals surface area contributed by atoms with Gasteiger partial charge in [-0.05, 0) is 49.7 Å². The molecule has 7 nitrogen and oxygen atoms in total. The molecule has 0 aliphatic carbocycles. The first kappa shape index (κ1) is 20.3. The van der Waals surface area contributed by atoms with Gasteiger partial charge in [-0.1, -0.05) is 12.1 Å². The predicted molar refractivity (Wildman–Crippen MR) is 116 cm³/mol. The van der Waals surface area contributed by atoms with Gasteiger partial charge < -0.3 is 20.1 Å². The fraction of sp³-hybridized carbons (Fsp3) is 0.273.